The summed E-state index contributed by atoms with van der Waals surface area (Å²) in [6.45, 7) is 6.27. The normalized spacial score (nSPS) is 12.3. The zero-order chi connectivity index (χ0) is 6.41. The first-order valence-corrected chi connectivity index (χ1v) is 2.79. The molecule has 0 radical (unpaired) electrons. The van der Waals surface area contributed by atoms with E-state index in [0.29, 0.717) is 6.61 Å². The second-order valence-corrected chi connectivity index (χ2v) is 1.53. The van der Waals surface area contributed by atoms with Crippen LogP contribution in [0.15, 0.2) is 0 Å². The van der Waals surface area contributed by atoms with Crippen molar-refractivity contribution in [3.8, 4) is 0 Å². The molecule has 0 N–H and O–H groups in total. The first-order chi connectivity index (χ1) is 3.81. The molecule has 0 spiro atoms. The molecule has 0 fully saturated rings. The maximum atomic E-state index is 4.94. The summed E-state index contributed by atoms with van der Waals surface area (Å²) in [5, 5.41) is 0. The average molecular weight is 124 g/mol. The van der Waals surface area contributed by atoms with Crippen molar-refractivity contribution in [2.24, 2.45) is 0 Å². The third-order valence-electron chi connectivity index (χ3n) is 0.826. The van der Waals surface area contributed by atoms with Crippen LogP contribution in [-0.4, -0.2) is 19.8 Å². The Labute approximate surface area is 69.1 Å². The van der Waals surface area contributed by atoms with Crippen LogP contribution in [0, 0.1) is 6.61 Å². The van der Waals surface area contributed by atoms with Crippen molar-refractivity contribution in [3.63, 3.8) is 0 Å². The topological polar surface area (TPSA) is 18.5 Å². The van der Waals surface area contributed by atoms with E-state index in [-0.39, 0.29) is 25.0 Å². The molecular weight excluding hydrogens is 111 g/mol. The summed E-state index contributed by atoms with van der Waals surface area (Å²) in [4.78, 5) is 0. The van der Waals surface area contributed by atoms with E-state index in [1.54, 1.807) is 13.7 Å². The fourth-order valence-electron chi connectivity index (χ4n) is 0.287. The summed E-state index contributed by atoms with van der Waals surface area (Å²) in [6.07, 6.45) is 0.106. The number of ether oxygens (including phenoxy) is 2. The molecule has 1 unspecified atom stereocenters. The molecule has 0 aliphatic heterocycles. The molecule has 0 heterocycles. The van der Waals surface area contributed by atoms with Crippen molar-refractivity contribution in [3.05, 3.63) is 6.61 Å². The SMILES string of the molecule is CCO[CH-]C(C)OC.[Li+]. The van der Waals surface area contributed by atoms with Gasteiger partial charge in [-0.05, 0) is 13.0 Å². The van der Waals surface area contributed by atoms with E-state index in [2.05, 4.69) is 0 Å². The smallest absolute Gasteiger partial charge is 0.550 e. The quantitative estimate of drug-likeness (QED) is 0.326. The van der Waals surface area contributed by atoms with E-state index in [1.807, 2.05) is 13.8 Å². The number of rotatable bonds is 4. The standard InChI is InChI=1S/C6H13O2.Li/c1-4-8-5-6(2)7-3;/h5-6H,4H2,1-3H3;/q-1;+1. The molecule has 0 aromatic rings. The van der Waals surface area contributed by atoms with Gasteiger partial charge in [0.2, 0.25) is 0 Å². The van der Waals surface area contributed by atoms with E-state index >= 15 is 0 Å². The van der Waals surface area contributed by atoms with Crippen LogP contribution in [0.25, 0.3) is 0 Å². The average Bonchev–Trinajstić information content (AvgIpc) is 1.83. The van der Waals surface area contributed by atoms with E-state index < -0.39 is 0 Å². The third-order valence-corrected chi connectivity index (χ3v) is 0.826. The predicted molar refractivity (Wildman–Crippen MR) is 32.4 cm³/mol. The van der Waals surface area contributed by atoms with Gasteiger partial charge in [0.15, 0.2) is 0 Å². The molecule has 50 valence electrons. The molecule has 0 aliphatic rings. The van der Waals surface area contributed by atoms with Crippen LogP contribution in [0.3, 0.4) is 0 Å². The van der Waals surface area contributed by atoms with Crippen LogP contribution >= 0.6 is 0 Å². The van der Waals surface area contributed by atoms with Gasteiger partial charge < -0.3 is 9.47 Å². The third kappa shape index (κ3) is 8.52. The van der Waals surface area contributed by atoms with E-state index in [9.17, 15) is 0 Å². The Morgan fingerprint density at radius 3 is 2.44 bits per heavy atom. The molecule has 0 rings (SSSR count). The molecule has 3 heteroatoms. The van der Waals surface area contributed by atoms with Crippen LogP contribution in [0.4, 0.5) is 0 Å². The van der Waals surface area contributed by atoms with Crippen molar-refractivity contribution in [2.45, 2.75) is 20.0 Å². The first-order valence-electron chi connectivity index (χ1n) is 2.79. The zero-order valence-corrected chi connectivity index (χ0v) is 6.68. The van der Waals surface area contributed by atoms with Crippen molar-refractivity contribution in [1.29, 1.82) is 0 Å². The molecule has 9 heavy (non-hydrogen) atoms. The van der Waals surface area contributed by atoms with Gasteiger partial charge in [0, 0.05) is 13.7 Å². The molecule has 0 aromatic heterocycles. The van der Waals surface area contributed by atoms with Crippen LogP contribution < -0.4 is 18.9 Å². The van der Waals surface area contributed by atoms with Crippen molar-refractivity contribution < 1.29 is 28.3 Å². The summed E-state index contributed by atoms with van der Waals surface area (Å²) in [7, 11) is 1.65. The molecule has 0 saturated heterocycles. The van der Waals surface area contributed by atoms with Gasteiger partial charge in [0.05, 0.1) is 0 Å². The molecule has 0 saturated carbocycles. The summed E-state index contributed by atoms with van der Waals surface area (Å²) >= 11 is 0. The fraction of sp³-hybridized carbons (Fsp3) is 0.833. The molecule has 0 aliphatic carbocycles. The van der Waals surface area contributed by atoms with E-state index in [4.69, 9.17) is 9.47 Å². The predicted octanol–water partition coefficient (Wildman–Crippen LogP) is -1.78. The molecule has 0 bridgehead atoms. The van der Waals surface area contributed by atoms with Crippen molar-refractivity contribution in [1.82, 2.24) is 0 Å². The maximum absolute atomic E-state index is 4.94. The Morgan fingerprint density at radius 1 is 1.56 bits per heavy atom. The molecular formula is C6H13LiO2. The Morgan fingerprint density at radius 2 is 2.11 bits per heavy atom. The summed E-state index contributed by atoms with van der Waals surface area (Å²) in [5.74, 6) is 0. The Bertz CT molecular complexity index is 50.3. The van der Waals surface area contributed by atoms with Gasteiger partial charge in [-0.1, -0.05) is 6.92 Å². The Balaban J connectivity index is 0. The minimum atomic E-state index is 0. The minimum absolute atomic E-state index is 0. The van der Waals surface area contributed by atoms with Crippen LogP contribution in [-0.2, 0) is 9.47 Å². The van der Waals surface area contributed by atoms with Gasteiger partial charge in [-0.25, -0.2) is 0 Å². The van der Waals surface area contributed by atoms with Crippen LogP contribution in [0.5, 0.6) is 0 Å². The number of hydrogen-bond acceptors (Lipinski definition) is 2. The molecule has 1 atom stereocenters. The van der Waals surface area contributed by atoms with Crippen molar-refractivity contribution >= 4 is 0 Å². The van der Waals surface area contributed by atoms with Gasteiger partial charge in [0.25, 0.3) is 0 Å². The Kier molecular flexibility index (Phi) is 11.6. The summed E-state index contributed by atoms with van der Waals surface area (Å²) < 4.78 is 9.81. The van der Waals surface area contributed by atoms with E-state index in [0.717, 1.165) is 0 Å². The van der Waals surface area contributed by atoms with Gasteiger partial charge in [-0.3, -0.25) is 0 Å². The second-order valence-electron chi connectivity index (χ2n) is 1.53. The minimum Gasteiger partial charge on any atom is -0.550 e. The fourth-order valence-corrected chi connectivity index (χ4v) is 0.287. The van der Waals surface area contributed by atoms with Crippen LogP contribution in [0.2, 0.25) is 0 Å². The van der Waals surface area contributed by atoms with Crippen molar-refractivity contribution in [2.75, 3.05) is 13.7 Å². The van der Waals surface area contributed by atoms with Gasteiger partial charge in [0.1, 0.15) is 0 Å². The zero-order valence-electron chi connectivity index (χ0n) is 6.68. The monoisotopic (exact) mass is 124 g/mol. The molecule has 2 nitrogen and oxygen atoms in total. The molecule has 0 aromatic carbocycles. The summed E-state index contributed by atoms with van der Waals surface area (Å²) in [5.41, 5.74) is 0. The van der Waals surface area contributed by atoms with Gasteiger partial charge in [-0.2, -0.15) is 6.61 Å². The summed E-state index contributed by atoms with van der Waals surface area (Å²) in [6, 6.07) is 0. The Hall–Kier alpha value is 0.517. The van der Waals surface area contributed by atoms with Gasteiger partial charge in [-0.15, -0.1) is 0 Å². The van der Waals surface area contributed by atoms with E-state index in [1.165, 1.54) is 0 Å². The first kappa shape index (κ1) is 12.2. The number of methoxy groups -OCH3 is 1. The maximum Gasteiger partial charge on any atom is 1.00 e. The number of hydrogen-bond donors (Lipinski definition) is 0. The van der Waals surface area contributed by atoms with Gasteiger partial charge >= 0.3 is 18.9 Å². The van der Waals surface area contributed by atoms with Crippen LogP contribution in [0.1, 0.15) is 13.8 Å². The largest absolute Gasteiger partial charge is 1.00 e. The second kappa shape index (κ2) is 8.52. The molecule has 0 amide bonds.